The van der Waals surface area contributed by atoms with Gasteiger partial charge in [-0.05, 0) is 32.9 Å². The van der Waals surface area contributed by atoms with Crippen LogP contribution in [-0.2, 0) is 9.59 Å². The lowest BCUT2D eigenvalue weighted by Crippen LogP contribution is -2.35. The van der Waals surface area contributed by atoms with E-state index in [1.165, 1.54) is 84.0 Å². The SMILES string of the molecule is CC(O)C(=O)O.CCCCCCCCN(CCCCCCCC)CCNCC(=O)O. The summed E-state index contributed by atoms with van der Waals surface area (Å²) < 4.78 is 0. The molecule has 4 N–H and O–H groups in total. The average Bonchev–Trinajstić information content (AvgIpc) is 2.70. The molecule has 0 saturated carbocycles. The molecule has 180 valence electrons. The van der Waals surface area contributed by atoms with Crippen LogP contribution in [0.2, 0.25) is 0 Å². The lowest BCUT2D eigenvalue weighted by atomic mass is 10.1. The van der Waals surface area contributed by atoms with Crippen LogP contribution in [0.1, 0.15) is 97.8 Å². The van der Waals surface area contributed by atoms with Gasteiger partial charge in [0, 0.05) is 13.1 Å². The van der Waals surface area contributed by atoms with Crippen LogP contribution < -0.4 is 5.32 Å². The molecular formula is C23H48N2O5. The van der Waals surface area contributed by atoms with Gasteiger partial charge in [-0.1, -0.05) is 78.1 Å². The fourth-order valence-corrected chi connectivity index (χ4v) is 3.00. The summed E-state index contributed by atoms with van der Waals surface area (Å²) in [5.74, 6) is -1.96. The Bertz CT molecular complexity index is 376. The fourth-order valence-electron chi connectivity index (χ4n) is 3.00. The molecule has 0 saturated heterocycles. The maximum absolute atomic E-state index is 10.6. The molecule has 0 radical (unpaired) electrons. The summed E-state index contributed by atoms with van der Waals surface area (Å²) in [4.78, 5) is 22.5. The molecule has 0 aliphatic rings. The Labute approximate surface area is 184 Å². The summed E-state index contributed by atoms with van der Waals surface area (Å²) >= 11 is 0. The van der Waals surface area contributed by atoms with Gasteiger partial charge >= 0.3 is 11.9 Å². The van der Waals surface area contributed by atoms with Crippen LogP contribution in [0, 0.1) is 0 Å². The number of unbranched alkanes of at least 4 members (excludes halogenated alkanes) is 10. The number of aliphatic carboxylic acids is 2. The first-order chi connectivity index (χ1) is 14.3. The third kappa shape index (κ3) is 26.8. The zero-order valence-corrected chi connectivity index (χ0v) is 19.7. The van der Waals surface area contributed by atoms with E-state index < -0.39 is 18.0 Å². The predicted octanol–water partition coefficient (Wildman–Crippen LogP) is 4.14. The van der Waals surface area contributed by atoms with E-state index in [0.717, 1.165) is 26.2 Å². The number of aliphatic hydroxyl groups excluding tert-OH is 1. The molecule has 0 aromatic carbocycles. The maximum atomic E-state index is 10.6. The van der Waals surface area contributed by atoms with Crippen molar-refractivity contribution in [1.82, 2.24) is 10.2 Å². The fraction of sp³-hybridized carbons (Fsp3) is 0.913. The summed E-state index contributed by atoms with van der Waals surface area (Å²) in [6, 6.07) is 0. The summed E-state index contributed by atoms with van der Waals surface area (Å²) in [6.45, 7) is 9.85. The average molecular weight is 433 g/mol. The first-order valence-corrected chi connectivity index (χ1v) is 11.9. The normalized spacial score (nSPS) is 11.8. The number of aliphatic hydroxyl groups is 1. The van der Waals surface area contributed by atoms with Crippen molar-refractivity contribution < 1.29 is 24.9 Å². The lowest BCUT2D eigenvalue weighted by molar-refractivity contribution is -0.145. The highest BCUT2D eigenvalue weighted by molar-refractivity contribution is 5.71. The van der Waals surface area contributed by atoms with Gasteiger partial charge in [-0.2, -0.15) is 0 Å². The van der Waals surface area contributed by atoms with Crippen molar-refractivity contribution in [1.29, 1.82) is 0 Å². The lowest BCUT2D eigenvalue weighted by Gasteiger charge is -2.22. The molecule has 1 unspecified atom stereocenters. The molecule has 0 heterocycles. The highest BCUT2D eigenvalue weighted by atomic mass is 16.4. The number of hydrogen-bond donors (Lipinski definition) is 4. The molecule has 0 spiro atoms. The highest BCUT2D eigenvalue weighted by Gasteiger charge is 2.05. The van der Waals surface area contributed by atoms with Crippen LogP contribution in [0.5, 0.6) is 0 Å². The van der Waals surface area contributed by atoms with Crippen molar-refractivity contribution >= 4 is 11.9 Å². The summed E-state index contributed by atoms with van der Waals surface area (Å²) in [5, 5.41) is 27.5. The number of nitrogens with zero attached hydrogens (tertiary/aromatic N) is 1. The van der Waals surface area contributed by atoms with Crippen molar-refractivity contribution in [3.8, 4) is 0 Å². The summed E-state index contributed by atoms with van der Waals surface area (Å²) in [6.07, 6.45) is 14.8. The second kappa shape index (κ2) is 24.1. The number of carboxylic acid groups (broad SMARTS) is 2. The molecule has 7 nitrogen and oxygen atoms in total. The van der Waals surface area contributed by atoms with Gasteiger partial charge in [-0.3, -0.25) is 4.79 Å². The second-order valence-corrected chi connectivity index (χ2v) is 7.96. The quantitative estimate of drug-likeness (QED) is 0.214. The van der Waals surface area contributed by atoms with Gasteiger partial charge in [0.25, 0.3) is 0 Å². The molecule has 0 aliphatic heterocycles. The van der Waals surface area contributed by atoms with Gasteiger partial charge in [0.1, 0.15) is 6.10 Å². The van der Waals surface area contributed by atoms with Gasteiger partial charge in [0.2, 0.25) is 0 Å². The van der Waals surface area contributed by atoms with E-state index in [2.05, 4.69) is 24.1 Å². The molecule has 7 heteroatoms. The van der Waals surface area contributed by atoms with Crippen molar-refractivity contribution in [2.45, 2.75) is 104 Å². The first kappa shape index (κ1) is 31.0. The topological polar surface area (TPSA) is 110 Å². The van der Waals surface area contributed by atoms with Crippen molar-refractivity contribution in [3.63, 3.8) is 0 Å². The Morgan fingerprint density at radius 2 is 1.17 bits per heavy atom. The molecule has 0 aliphatic carbocycles. The molecule has 0 aromatic rings. The Kier molecular flexibility index (Phi) is 24.9. The number of carboxylic acids is 2. The second-order valence-electron chi connectivity index (χ2n) is 7.96. The number of nitrogens with one attached hydrogen (secondary N) is 1. The van der Waals surface area contributed by atoms with Crippen LogP contribution in [0.3, 0.4) is 0 Å². The zero-order chi connectivity index (χ0) is 23.0. The molecular weight excluding hydrogens is 384 g/mol. The van der Waals surface area contributed by atoms with E-state index in [1.54, 1.807) is 0 Å². The van der Waals surface area contributed by atoms with Gasteiger partial charge in [-0.25, -0.2) is 4.79 Å². The summed E-state index contributed by atoms with van der Waals surface area (Å²) in [5.41, 5.74) is 0. The largest absolute Gasteiger partial charge is 0.480 e. The Morgan fingerprint density at radius 1 is 0.767 bits per heavy atom. The molecule has 0 amide bonds. The number of carbonyl (C=O) groups is 2. The maximum Gasteiger partial charge on any atom is 0.332 e. The van der Waals surface area contributed by atoms with E-state index in [1.807, 2.05) is 0 Å². The van der Waals surface area contributed by atoms with Crippen LogP contribution in [0.15, 0.2) is 0 Å². The Morgan fingerprint density at radius 3 is 1.53 bits per heavy atom. The van der Waals surface area contributed by atoms with Crippen molar-refractivity contribution in [3.05, 3.63) is 0 Å². The monoisotopic (exact) mass is 432 g/mol. The Balaban J connectivity index is 0. The number of rotatable bonds is 20. The van der Waals surface area contributed by atoms with E-state index >= 15 is 0 Å². The van der Waals surface area contributed by atoms with Gasteiger partial charge < -0.3 is 25.5 Å². The number of hydrogen-bond acceptors (Lipinski definition) is 5. The molecule has 1 atom stereocenters. The van der Waals surface area contributed by atoms with E-state index in [9.17, 15) is 9.59 Å². The molecule has 0 fully saturated rings. The van der Waals surface area contributed by atoms with E-state index in [0.29, 0.717) is 0 Å². The molecule has 30 heavy (non-hydrogen) atoms. The summed E-state index contributed by atoms with van der Waals surface area (Å²) in [7, 11) is 0. The minimum atomic E-state index is -1.23. The molecule has 0 bridgehead atoms. The van der Waals surface area contributed by atoms with Gasteiger partial charge in [-0.15, -0.1) is 0 Å². The third-order valence-corrected chi connectivity index (χ3v) is 4.89. The minimum Gasteiger partial charge on any atom is -0.480 e. The third-order valence-electron chi connectivity index (χ3n) is 4.89. The minimum absolute atomic E-state index is 0.0713. The van der Waals surface area contributed by atoms with Gasteiger partial charge in [0.05, 0.1) is 6.54 Å². The van der Waals surface area contributed by atoms with E-state index in [-0.39, 0.29) is 6.54 Å². The van der Waals surface area contributed by atoms with Crippen LogP contribution >= 0.6 is 0 Å². The van der Waals surface area contributed by atoms with E-state index in [4.69, 9.17) is 15.3 Å². The van der Waals surface area contributed by atoms with Crippen molar-refractivity contribution in [2.24, 2.45) is 0 Å². The molecule has 0 rings (SSSR count). The van der Waals surface area contributed by atoms with Gasteiger partial charge in [0.15, 0.2) is 0 Å². The van der Waals surface area contributed by atoms with Crippen LogP contribution in [-0.4, -0.2) is 71.0 Å². The standard InChI is InChI=1S/C20H42N2O2.C3H6O3/c1-3-5-7-9-11-13-16-22(18-15-21-19-20(23)24)17-14-12-10-8-6-4-2;1-2(4)3(5)6/h21H,3-19H2,1-2H3,(H,23,24);2,4H,1H3,(H,5,6). The Hall–Kier alpha value is -1.18. The predicted molar refractivity (Wildman–Crippen MR) is 123 cm³/mol. The van der Waals surface area contributed by atoms with Crippen LogP contribution in [0.4, 0.5) is 0 Å². The molecule has 0 aromatic heterocycles. The zero-order valence-electron chi connectivity index (χ0n) is 19.7. The highest BCUT2D eigenvalue weighted by Crippen LogP contribution is 2.08. The van der Waals surface area contributed by atoms with Crippen LogP contribution in [0.25, 0.3) is 0 Å². The smallest absolute Gasteiger partial charge is 0.332 e. The van der Waals surface area contributed by atoms with Crippen molar-refractivity contribution in [2.75, 3.05) is 32.7 Å². The first-order valence-electron chi connectivity index (χ1n) is 11.9.